The zero-order valence-electron chi connectivity index (χ0n) is 6.51. The Kier molecular flexibility index (Phi) is 3.72. The van der Waals surface area contributed by atoms with Crippen molar-refractivity contribution >= 4 is 0 Å². The van der Waals surface area contributed by atoms with Gasteiger partial charge in [-0.05, 0) is 6.92 Å². The molecular formula is C7H15NO2. The molecule has 0 radical (unpaired) electrons. The van der Waals surface area contributed by atoms with Crippen molar-refractivity contribution in [3.8, 4) is 0 Å². The molecule has 1 fully saturated rings. The molecule has 1 aliphatic rings. The van der Waals surface area contributed by atoms with E-state index in [0.717, 1.165) is 39.6 Å². The monoisotopic (exact) mass is 145 g/mol. The number of morpholine rings is 1. The third-order valence-electron chi connectivity index (χ3n) is 1.58. The number of ether oxygens (including phenoxy) is 2. The lowest BCUT2D eigenvalue weighted by Gasteiger charge is -2.25. The summed E-state index contributed by atoms with van der Waals surface area (Å²) in [6.45, 7) is 7.32. The molecule has 60 valence electrons. The Morgan fingerprint density at radius 2 is 2.10 bits per heavy atom. The Morgan fingerprint density at radius 3 is 2.70 bits per heavy atom. The third-order valence-corrected chi connectivity index (χ3v) is 1.58. The predicted octanol–water partition coefficient (Wildman–Crippen LogP) is 0.313. The fourth-order valence-corrected chi connectivity index (χ4v) is 0.951. The van der Waals surface area contributed by atoms with Crippen molar-refractivity contribution in [1.82, 2.24) is 4.90 Å². The molecule has 0 unspecified atom stereocenters. The van der Waals surface area contributed by atoms with Gasteiger partial charge in [-0.25, -0.2) is 0 Å². The molecule has 0 saturated carbocycles. The van der Waals surface area contributed by atoms with Gasteiger partial charge in [-0.15, -0.1) is 0 Å². The average Bonchev–Trinajstić information content (AvgIpc) is 2.03. The highest BCUT2D eigenvalue weighted by atomic mass is 16.5. The molecule has 0 bridgehead atoms. The second-order valence-electron chi connectivity index (χ2n) is 2.35. The number of hydrogen-bond acceptors (Lipinski definition) is 3. The minimum Gasteiger partial charge on any atom is -0.379 e. The van der Waals surface area contributed by atoms with E-state index in [4.69, 9.17) is 9.47 Å². The van der Waals surface area contributed by atoms with Gasteiger partial charge in [-0.3, -0.25) is 4.90 Å². The predicted molar refractivity (Wildman–Crippen MR) is 38.9 cm³/mol. The molecule has 0 N–H and O–H groups in total. The fraction of sp³-hybridized carbons (Fsp3) is 1.00. The molecule has 0 aromatic rings. The van der Waals surface area contributed by atoms with E-state index in [1.807, 2.05) is 6.92 Å². The van der Waals surface area contributed by atoms with Crippen LogP contribution in [0.15, 0.2) is 0 Å². The minimum absolute atomic E-state index is 0.764. The summed E-state index contributed by atoms with van der Waals surface area (Å²) in [7, 11) is 0. The number of hydrogen-bond donors (Lipinski definition) is 0. The van der Waals surface area contributed by atoms with Crippen molar-refractivity contribution in [2.24, 2.45) is 0 Å². The van der Waals surface area contributed by atoms with Gasteiger partial charge in [0.2, 0.25) is 0 Å². The van der Waals surface area contributed by atoms with E-state index in [1.54, 1.807) is 0 Å². The van der Waals surface area contributed by atoms with Crippen LogP contribution < -0.4 is 0 Å². The maximum absolute atomic E-state index is 5.24. The molecule has 0 aliphatic carbocycles. The zero-order valence-corrected chi connectivity index (χ0v) is 6.51. The van der Waals surface area contributed by atoms with Gasteiger partial charge in [0.25, 0.3) is 0 Å². The van der Waals surface area contributed by atoms with Crippen LogP contribution in [0.5, 0.6) is 0 Å². The van der Waals surface area contributed by atoms with E-state index in [9.17, 15) is 0 Å². The Balaban J connectivity index is 2.02. The van der Waals surface area contributed by atoms with Crippen LogP contribution in [0.2, 0.25) is 0 Å². The minimum atomic E-state index is 0.764. The van der Waals surface area contributed by atoms with Crippen LogP contribution in [0.3, 0.4) is 0 Å². The summed E-state index contributed by atoms with van der Waals surface area (Å²) < 4.78 is 10.4. The largest absolute Gasteiger partial charge is 0.379 e. The summed E-state index contributed by atoms with van der Waals surface area (Å²) in [5.74, 6) is 0. The lowest BCUT2D eigenvalue weighted by atomic mass is 10.5. The van der Waals surface area contributed by atoms with E-state index in [0.29, 0.717) is 0 Å². The van der Waals surface area contributed by atoms with Gasteiger partial charge < -0.3 is 9.47 Å². The molecule has 1 heterocycles. The van der Waals surface area contributed by atoms with Gasteiger partial charge in [-0.2, -0.15) is 0 Å². The number of rotatable bonds is 3. The molecule has 0 spiro atoms. The van der Waals surface area contributed by atoms with Gasteiger partial charge >= 0.3 is 0 Å². The van der Waals surface area contributed by atoms with E-state index < -0.39 is 0 Å². The van der Waals surface area contributed by atoms with Crippen LogP contribution in [-0.2, 0) is 9.47 Å². The Morgan fingerprint density at radius 1 is 1.40 bits per heavy atom. The molecule has 0 aromatic carbocycles. The van der Waals surface area contributed by atoms with Gasteiger partial charge in [0, 0.05) is 19.7 Å². The second-order valence-corrected chi connectivity index (χ2v) is 2.35. The topological polar surface area (TPSA) is 21.7 Å². The lowest BCUT2D eigenvalue weighted by molar-refractivity contribution is -0.0295. The van der Waals surface area contributed by atoms with Crippen LogP contribution in [0.25, 0.3) is 0 Å². The average molecular weight is 145 g/mol. The summed E-state index contributed by atoms with van der Waals surface area (Å²) in [6.07, 6.45) is 0. The Hall–Kier alpha value is -0.120. The maximum Gasteiger partial charge on any atom is 0.0991 e. The summed E-state index contributed by atoms with van der Waals surface area (Å²) in [5, 5.41) is 0. The van der Waals surface area contributed by atoms with E-state index >= 15 is 0 Å². The highest BCUT2D eigenvalue weighted by molar-refractivity contribution is 4.56. The van der Waals surface area contributed by atoms with Crippen molar-refractivity contribution in [3.63, 3.8) is 0 Å². The Labute approximate surface area is 61.9 Å². The summed E-state index contributed by atoms with van der Waals surface area (Å²) in [5.41, 5.74) is 0. The summed E-state index contributed by atoms with van der Waals surface area (Å²) in [6, 6.07) is 0. The molecule has 1 saturated heterocycles. The first-order chi connectivity index (χ1) is 4.93. The van der Waals surface area contributed by atoms with Crippen LogP contribution in [-0.4, -0.2) is 44.5 Å². The normalized spacial score (nSPS) is 21.3. The molecule has 0 atom stereocenters. The van der Waals surface area contributed by atoms with Gasteiger partial charge in [0.05, 0.1) is 19.9 Å². The fourth-order valence-electron chi connectivity index (χ4n) is 0.951. The van der Waals surface area contributed by atoms with Crippen molar-refractivity contribution in [2.45, 2.75) is 6.92 Å². The highest BCUT2D eigenvalue weighted by Crippen LogP contribution is 1.95. The standard InChI is InChI=1S/C7H15NO2/c1-2-9-7-8-3-5-10-6-4-8/h2-7H2,1H3. The second kappa shape index (κ2) is 4.66. The van der Waals surface area contributed by atoms with Gasteiger partial charge in [0.1, 0.15) is 0 Å². The molecule has 3 heteroatoms. The zero-order chi connectivity index (χ0) is 7.23. The molecule has 1 aliphatic heterocycles. The van der Waals surface area contributed by atoms with Gasteiger partial charge in [0.15, 0.2) is 0 Å². The summed E-state index contributed by atoms with van der Waals surface area (Å²) in [4.78, 5) is 2.26. The van der Waals surface area contributed by atoms with Gasteiger partial charge in [-0.1, -0.05) is 0 Å². The quantitative estimate of drug-likeness (QED) is 0.570. The molecule has 1 rings (SSSR count). The molecular weight excluding hydrogens is 130 g/mol. The van der Waals surface area contributed by atoms with E-state index in [-0.39, 0.29) is 0 Å². The summed E-state index contributed by atoms with van der Waals surface area (Å²) >= 11 is 0. The first-order valence-electron chi connectivity index (χ1n) is 3.81. The first kappa shape index (κ1) is 7.98. The van der Waals surface area contributed by atoms with Crippen molar-refractivity contribution in [1.29, 1.82) is 0 Å². The first-order valence-corrected chi connectivity index (χ1v) is 3.81. The molecule has 0 amide bonds. The third kappa shape index (κ3) is 2.64. The van der Waals surface area contributed by atoms with Crippen molar-refractivity contribution in [2.75, 3.05) is 39.6 Å². The number of nitrogens with zero attached hydrogens (tertiary/aromatic N) is 1. The van der Waals surface area contributed by atoms with Crippen molar-refractivity contribution < 1.29 is 9.47 Å². The van der Waals surface area contributed by atoms with Crippen molar-refractivity contribution in [3.05, 3.63) is 0 Å². The van der Waals surface area contributed by atoms with E-state index in [1.165, 1.54) is 0 Å². The van der Waals surface area contributed by atoms with Crippen LogP contribution in [0, 0.1) is 0 Å². The smallest absolute Gasteiger partial charge is 0.0991 e. The SMILES string of the molecule is CCOCN1CCOCC1. The Bertz CT molecular complexity index is 81.7. The molecule has 3 nitrogen and oxygen atoms in total. The molecule has 0 aromatic heterocycles. The van der Waals surface area contributed by atoms with Crippen LogP contribution in [0.4, 0.5) is 0 Å². The van der Waals surface area contributed by atoms with Crippen LogP contribution in [0.1, 0.15) is 6.92 Å². The molecule has 10 heavy (non-hydrogen) atoms. The lowest BCUT2D eigenvalue weighted by Crippen LogP contribution is -2.37. The maximum atomic E-state index is 5.24. The van der Waals surface area contributed by atoms with E-state index in [2.05, 4.69) is 4.90 Å². The highest BCUT2D eigenvalue weighted by Gasteiger charge is 2.08. The van der Waals surface area contributed by atoms with Crippen LogP contribution >= 0.6 is 0 Å².